The van der Waals surface area contributed by atoms with Crippen molar-refractivity contribution >= 4 is 11.6 Å². The summed E-state index contributed by atoms with van der Waals surface area (Å²) in [5.41, 5.74) is 3.63. The minimum absolute atomic E-state index is 0.630. The molecule has 0 radical (unpaired) electrons. The molecular formula is C17H20ClNO. The van der Waals surface area contributed by atoms with Gasteiger partial charge in [0, 0.05) is 6.54 Å². The molecule has 2 rings (SSSR count). The van der Waals surface area contributed by atoms with Gasteiger partial charge in [0.15, 0.2) is 0 Å². The van der Waals surface area contributed by atoms with Crippen LogP contribution in [0.15, 0.2) is 36.4 Å². The van der Waals surface area contributed by atoms with E-state index in [0.29, 0.717) is 10.8 Å². The van der Waals surface area contributed by atoms with Gasteiger partial charge in [0.2, 0.25) is 0 Å². The normalized spacial score (nSPS) is 10.6. The van der Waals surface area contributed by atoms with Gasteiger partial charge >= 0.3 is 0 Å². The Morgan fingerprint density at radius 1 is 1.10 bits per heavy atom. The largest absolute Gasteiger partial charge is 0.456 e. The molecule has 0 aliphatic rings. The fourth-order valence-corrected chi connectivity index (χ4v) is 2.16. The van der Waals surface area contributed by atoms with Crippen molar-refractivity contribution in [2.45, 2.75) is 27.3 Å². The highest BCUT2D eigenvalue weighted by Gasteiger charge is 2.05. The maximum atomic E-state index is 6.15. The third kappa shape index (κ3) is 3.75. The highest BCUT2D eigenvalue weighted by molar-refractivity contribution is 6.32. The summed E-state index contributed by atoms with van der Waals surface area (Å²) in [4.78, 5) is 0. The molecule has 2 nitrogen and oxygen atoms in total. The van der Waals surface area contributed by atoms with Gasteiger partial charge in [-0.25, -0.2) is 0 Å². The second-order valence-corrected chi connectivity index (χ2v) is 5.31. The molecule has 1 N–H and O–H groups in total. The highest BCUT2D eigenvalue weighted by Crippen LogP contribution is 2.31. The summed E-state index contributed by atoms with van der Waals surface area (Å²) >= 11 is 6.15. The van der Waals surface area contributed by atoms with E-state index in [0.717, 1.165) is 24.4 Å². The Bertz CT molecular complexity index is 596. The highest BCUT2D eigenvalue weighted by atomic mass is 35.5. The first-order valence-corrected chi connectivity index (χ1v) is 7.22. The van der Waals surface area contributed by atoms with Crippen LogP contribution in [0.1, 0.15) is 23.6 Å². The van der Waals surface area contributed by atoms with E-state index < -0.39 is 0 Å². The van der Waals surface area contributed by atoms with Gasteiger partial charge in [0.1, 0.15) is 11.5 Å². The number of aryl methyl sites for hydroxylation is 2. The van der Waals surface area contributed by atoms with Crippen LogP contribution in [0.5, 0.6) is 11.5 Å². The summed E-state index contributed by atoms with van der Waals surface area (Å²) < 4.78 is 5.88. The van der Waals surface area contributed by atoms with Crippen LogP contribution in [0.2, 0.25) is 5.02 Å². The molecule has 0 unspecified atom stereocenters. The molecule has 2 aromatic carbocycles. The van der Waals surface area contributed by atoms with E-state index >= 15 is 0 Å². The van der Waals surface area contributed by atoms with Gasteiger partial charge in [0.05, 0.1) is 5.02 Å². The van der Waals surface area contributed by atoms with Gasteiger partial charge in [-0.3, -0.25) is 0 Å². The Morgan fingerprint density at radius 2 is 1.90 bits per heavy atom. The standard InChI is InChI=1S/C17H20ClNO/c1-4-19-11-14-6-7-15(10-13(14)3)20-17-9-12(2)5-8-16(17)18/h5-10,19H,4,11H2,1-3H3. The summed E-state index contributed by atoms with van der Waals surface area (Å²) in [6.07, 6.45) is 0. The molecule has 0 atom stereocenters. The Labute approximate surface area is 125 Å². The zero-order valence-electron chi connectivity index (χ0n) is 12.2. The van der Waals surface area contributed by atoms with Crippen molar-refractivity contribution < 1.29 is 4.74 Å². The van der Waals surface area contributed by atoms with Gasteiger partial charge in [-0.05, 0) is 61.3 Å². The van der Waals surface area contributed by atoms with Gasteiger partial charge in [-0.1, -0.05) is 30.7 Å². The molecule has 2 aromatic rings. The molecule has 0 aliphatic carbocycles. The summed E-state index contributed by atoms with van der Waals surface area (Å²) in [7, 11) is 0. The lowest BCUT2D eigenvalue weighted by atomic mass is 10.1. The maximum absolute atomic E-state index is 6.15. The van der Waals surface area contributed by atoms with Gasteiger partial charge in [0.25, 0.3) is 0 Å². The van der Waals surface area contributed by atoms with Gasteiger partial charge in [-0.2, -0.15) is 0 Å². The van der Waals surface area contributed by atoms with E-state index in [2.05, 4.69) is 25.2 Å². The molecule has 0 spiro atoms. The lowest BCUT2D eigenvalue weighted by Crippen LogP contribution is -2.12. The van der Waals surface area contributed by atoms with E-state index in [-0.39, 0.29) is 0 Å². The third-order valence-corrected chi connectivity index (χ3v) is 3.51. The van der Waals surface area contributed by atoms with Crippen LogP contribution in [-0.2, 0) is 6.54 Å². The van der Waals surface area contributed by atoms with Crippen molar-refractivity contribution in [1.29, 1.82) is 0 Å². The zero-order chi connectivity index (χ0) is 14.5. The summed E-state index contributed by atoms with van der Waals surface area (Å²) in [6, 6.07) is 11.9. The topological polar surface area (TPSA) is 21.3 Å². The van der Waals surface area contributed by atoms with Crippen molar-refractivity contribution in [3.63, 3.8) is 0 Å². The minimum atomic E-state index is 0.630. The molecule has 106 valence electrons. The Hall–Kier alpha value is -1.51. The summed E-state index contributed by atoms with van der Waals surface area (Å²) in [5, 5.41) is 3.96. The maximum Gasteiger partial charge on any atom is 0.146 e. The van der Waals surface area contributed by atoms with Crippen LogP contribution < -0.4 is 10.1 Å². The van der Waals surface area contributed by atoms with Crippen LogP contribution in [0.4, 0.5) is 0 Å². The van der Waals surface area contributed by atoms with E-state index in [1.54, 1.807) is 0 Å². The fraction of sp³-hybridized carbons (Fsp3) is 0.294. The van der Waals surface area contributed by atoms with Gasteiger partial charge < -0.3 is 10.1 Å². The lowest BCUT2D eigenvalue weighted by Gasteiger charge is -2.11. The van der Waals surface area contributed by atoms with Crippen molar-refractivity contribution in [2.24, 2.45) is 0 Å². The smallest absolute Gasteiger partial charge is 0.146 e. The first-order valence-electron chi connectivity index (χ1n) is 6.84. The first-order chi connectivity index (χ1) is 9.60. The number of nitrogens with one attached hydrogen (secondary N) is 1. The molecule has 0 amide bonds. The molecular weight excluding hydrogens is 270 g/mol. The summed E-state index contributed by atoms with van der Waals surface area (Å²) in [5.74, 6) is 1.51. The van der Waals surface area contributed by atoms with Crippen molar-refractivity contribution in [3.05, 3.63) is 58.1 Å². The molecule has 0 aromatic heterocycles. The minimum Gasteiger partial charge on any atom is -0.456 e. The fourth-order valence-electron chi connectivity index (χ4n) is 2.01. The van der Waals surface area contributed by atoms with Crippen molar-refractivity contribution in [1.82, 2.24) is 5.32 Å². The predicted octanol–water partition coefficient (Wildman–Crippen LogP) is 4.86. The van der Waals surface area contributed by atoms with Crippen molar-refractivity contribution in [2.75, 3.05) is 6.54 Å². The monoisotopic (exact) mass is 289 g/mol. The molecule has 0 fully saturated rings. The quantitative estimate of drug-likeness (QED) is 0.849. The lowest BCUT2D eigenvalue weighted by molar-refractivity contribution is 0.481. The Morgan fingerprint density at radius 3 is 2.60 bits per heavy atom. The SMILES string of the molecule is CCNCc1ccc(Oc2cc(C)ccc2Cl)cc1C. The molecule has 0 heterocycles. The van der Waals surface area contributed by atoms with E-state index in [4.69, 9.17) is 16.3 Å². The zero-order valence-corrected chi connectivity index (χ0v) is 12.9. The average molecular weight is 290 g/mol. The first kappa shape index (κ1) is 14.9. The van der Waals surface area contributed by atoms with E-state index in [1.807, 2.05) is 37.3 Å². The van der Waals surface area contributed by atoms with Crippen LogP contribution in [0, 0.1) is 13.8 Å². The molecule has 0 saturated heterocycles. The molecule has 3 heteroatoms. The van der Waals surface area contributed by atoms with Crippen LogP contribution in [0.3, 0.4) is 0 Å². The second kappa shape index (κ2) is 6.78. The van der Waals surface area contributed by atoms with Crippen molar-refractivity contribution in [3.8, 4) is 11.5 Å². The number of rotatable bonds is 5. The molecule has 0 aliphatic heterocycles. The number of hydrogen-bond acceptors (Lipinski definition) is 2. The Balaban J connectivity index is 2.17. The average Bonchev–Trinajstić information content (AvgIpc) is 2.42. The molecule has 0 bridgehead atoms. The predicted molar refractivity (Wildman–Crippen MR) is 84.8 cm³/mol. The third-order valence-electron chi connectivity index (χ3n) is 3.19. The second-order valence-electron chi connectivity index (χ2n) is 4.90. The van der Waals surface area contributed by atoms with Crippen LogP contribution in [-0.4, -0.2) is 6.54 Å². The Kier molecular flexibility index (Phi) is 5.05. The molecule has 20 heavy (non-hydrogen) atoms. The molecule has 0 saturated carbocycles. The van der Waals surface area contributed by atoms with Crippen LogP contribution >= 0.6 is 11.6 Å². The van der Waals surface area contributed by atoms with Crippen LogP contribution in [0.25, 0.3) is 0 Å². The number of benzene rings is 2. The number of hydrogen-bond donors (Lipinski definition) is 1. The van der Waals surface area contributed by atoms with Gasteiger partial charge in [-0.15, -0.1) is 0 Å². The number of ether oxygens (including phenoxy) is 1. The summed E-state index contributed by atoms with van der Waals surface area (Å²) in [6.45, 7) is 8.07. The number of halogens is 1. The van der Waals surface area contributed by atoms with E-state index in [1.165, 1.54) is 11.1 Å². The van der Waals surface area contributed by atoms with E-state index in [9.17, 15) is 0 Å².